The van der Waals surface area contributed by atoms with Crippen molar-refractivity contribution in [1.82, 2.24) is 0 Å². The Morgan fingerprint density at radius 1 is 1.38 bits per heavy atom. The minimum absolute atomic E-state index is 0.0287. The topological polar surface area (TPSA) is 62.9 Å². The second-order valence-corrected chi connectivity index (χ2v) is 7.00. The van der Waals surface area contributed by atoms with E-state index in [1.807, 2.05) is 12.1 Å². The van der Waals surface area contributed by atoms with E-state index >= 15 is 0 Å². The summed E-state index contributed by atoms with van der Waals surface area (Å²) >= 11 is 0. The van der Waals surface area contributed by atoms with Crippen LogP contribution in [0.2, 0.25) is 0 Å². The molecule has 2 heterocycles. The third-order valence-corrected chi connectivity index (χ3v) is 4.78. The number of methoxy groups -OCH3 is 1. The van der Waals surface area contributed by atoms with Crippen LogP contribution in [0, 0.1) is 0 Å². The summed E-state index contributed by atoms with van der Waals surface area (Å²) < 4.78 is 10.9. The number of rotatable bonds is 4. The lowest BCUT2D eigenvalue weighted by molar-refractivity contribution is 0.0660. The van der Waals surface area contributed by atoms with Gasteiger partial charge in [-0.15, -0.1) is 0 Å². The molecule has 2 aromatic rings. The van der Waals surface area contributed by atoms with E-state index in [1.54, 1.807) is 13.2 Å². The third-order valence-electron chi connectivity index (χ3n) is 4.78. The predicted molar refractivity (Wildman–Crippen MR) is 92.0 cm³/mol. The van der Waals surface area contributed by atoms with Crippen LogP contribution in [0.5, 0.6) is 5.75 Å². The van der Waals surface area contributed by atoms with Gasteiger partial charge in [0.15, 0.2) is 0 Å². The molecule has 0 aliphatic carbocycles. The van der Waals surface area contributed by atoms with E-state index in [1.165, 1.54) is 11.6 Å². The maximum Gasteiger partial charge on any atom is 0.371 e. The fraction of sp³-hybridized carbons (Fsp3) is 0.421. The Bertz CT molecular complexity index is 762. The van der Waals surface area contributed by atoms with E-state index in [9.17, 15) is 4.79 Å². The number of carboxylic acids is 1. The fourth-order valence-electron chi connectivity index (χ4n) is 3.63. The summed E-state index contributed by atoms with van der Waals surface area (Å²) in [7, 11) is 1.66. The summed E-state index contributed by atoms with van der Waals surface area (Å²) in [6, 6.07) is 9.39. The zero-order valence-corrected chi connectivity index (χ0v) is 14.5. The number of benzene rings is 1. The van der Waals surface area contributed by atoms with E-state index in [4.69, 9.17) is 14.3 Å². The van der Waals surface area contributed by atoms with Crippen LogP contribution in [0.25, 0.3) is 0 Å². The van der Waals surface area contributed by atoms with Crippen molar-refractivity contribution in [1.29, 1.82) is 0 Å². The first kappa shape index (κ1) is 16.4. The van der Waals surface area contributed by atoms with Gasteiger partial charge >= 0.3 is 5.97 Å². The van der Waals surface area contributed by atoms with Gasteiger partial charge in [0, 0.05) is 17.3 Å². The first-order chi connectivity index (χ1) is 11.3. The summed E-state index contributed by atoms with van der Waals surface area (Å²) in [6.45, 7) is 7.16. The average molecular weight is 329 g/mol. The van der Waals surface area contributed by atoms with Crippen LogP contribution in [-0.2, 0) is 6.54 Å². The Morgan fingerprint density at radius 3 is 2.75 bits per heavy atom. The molecule has 5 nitrogen and oxygen atoms in total. The molecule has 1 atom stereocenters. The largest absolute Gasteiger partial charge is 0.497 e. The van der Waals surface area contributed by atoms with Gasteiger partial charge < -0.3 is 19.2 Å². The molecule has 0 saturated heterocycles. The molecule has 0 amide bonds. The summed E-state index contributed by atoms with van der Waals surface area (Å²) in [4.78, 5) is 13.3. The van der Waals surface area contributed by atoms with Crippen LogP contribution in [0.4, 0.5) is 5.69 Å². The maximum absolute atomic E-state index is 11.0. The second-order valence-electron chi connectivity index (χ2n) is 7.00. The monoisotopic (exact) mass is 329 g/mol. The van der Waals surface area contributed by atoms with E-state index in [2.05, 4.69) is 31.7 Å². The summed E-state index contributed by atoms with van der Waals surface area (Å²) in [6.07, 6.45) is 1.01. The molecule has 1 aliphatic rings. The van der Waals surface area contributed by atoms with Gasteiger partial charge in [-0.2, -0.15) is 0 Å². The number of furan rings is 1. The van der Waals surface area contributed by atoms with Gasteiger partial charge in [0.05, 0.1) is 13.7 Å². The van der Waals surface area contributed by atoms with Crippen molar-refractivity contribution in [2.24, 2.45) is 0 Å². The maximum atomic E-state index is 11.0. The van der Waals surface area contributed by atoms with Gasteiger partial charge in [-0.05, 0) is 49.9 Å². The number of hydrogen-bond donors (Lipinski definition) is 1. The second kappa shape index (κ2) is 5.89. The highest BCUT2D eigenvalue weighted by Gasteiger charge is 2.37. The zero-order valence-electron chi connectivity index (χ0n) is 14.5. The van der Waals surface area contributed by atoms with Crippen LogP contribution in [0.15, 0.2) is 34.7 Å². The van der Waals surface area contributed by atoms with Crippen molar-refractivity contribution in [3.63, 3.8) is 0 Å². The molecule has 3 rings (SSSR count). The number of aromatic carboxylic acids is 1. The molecule has 0 saturated carbocycles. The number of nitrogens with zero attached hydrogens (tertiary/aromatic N) is 1. The van der Waals surface area contributed by atoms with Crippen molar-refractivity contribution < 1.29 is 19.1 Å². The SMILES string of the molecule is COc1ccc2c(c1)N(Cc1ccc(C(=O)O)o1)C(C)(C)C[C@@H]2C. The third kappa shape index (κ3) is 2.86. The van der Waals surface area contributed by atoms with Crippen molar-refractivity contribution >= 4 is 11.7 Å². The van der Waals surface area contributed by atoms with Crippen LogP contribution >= 0.6 is 0 Å². The number of ether oxygens (including phenoxy) is 1. The lowest BCUT2D eigenvalue weighted by Gasteiger charge is -2.47. The van der Waals surface area contributed by atoms with Crippen molar-refractivity contribution in [2.75, 3.05) is 12.0 Å². The van der Waals surface area contributed by atoms with Crippen LogP contribution in [0.3, 0.4) is 0 Å². The lowest BCUT2D eigenvalue weighted by Crippen LogP contribution is -2.47. The Morgan fingerprint density at radius 2 is 2.12 bits per heavy atom. The minimum atomic E-state index is -1.05. The van der Waals surface area contributed by atoms with Gasteiger partial charge in [-0.3, -0.25) is 0 Å². The van der Waals surface area contributed by atoms with Crippen molar-refractivity contribution in [3.8, 4) is 5.75 Å². The van der Waals surface area contributed by atoms with Gasteiger partial charge in [0.1, 0.15) is 11.5 Å². The molecule has 24 heavy (non-hydrogen) atoms. The smallest absolute Gasteiger partial charge is 0.371 e. The predicted octanol–water partition coefficient (Wildman–Crippen LogP) is 4.28. The van der Waals surface area contributed by atoms with Crippen molar-refractivity contribution in [3.05, 3.63) is 47.4 Å². The molecule has 0 radical (unpaired) electrons. The van der Waals surface area contributed by atoms with Crippen LogP contribution in [-0.4, -0.2) is 23.7 Å². The van der Waals surface area contributed by atoms with Gasteiger partial charge in [-0.1, -0.05) is 13.0 Å². The molecule has 1 aliphatic heterocycles. The van der Waals surface area contributed by atoms with Crippen molar-refractivity contribution in [2.45, 2.75) is 45.2 Å². The Kier molecular flexibility index (Phi) is 4.03. The molecular formula is C19H23NO4. The first-order valence-corrected chi connectivity index (χ1v) is 8.09. The standard InChI is InChI=1S/C19H23NO4/c1-12-10-19(2,3)20(11-14-6-8-17(24-14)18(21)22)16-9-13(23-4)5-7-15(12)16/h5-9,12H,10-11H2,1-4H3,(H,21,22)/t12-/m0/s1. The quantitative estimate of drug-likeness (QED) is 0.907. The van der Waals surface area contributed by atoms with E-state index in [-0.39, 0.29) is 11.3 Å². The summed E-state index contributed by atoms with van der Waals surface area (Å²) in [5, 5.41) is 9.04. The Labute approximate surface area is 141 Å². The van der Waals surface area contributed by atoms with E-state index in [0.717, 1.165) is 17.9 Å². The number of hydrogen-bond acceptors (Lipinski definition) is 4. The zero-order chi connectivity index (χ0) is 17.5. The molecule has 0 spiro atoms. The first-order valence-electron chi connectivity index (χ1n) is 8.09. The van der Waals surface area contributed by atoms with Gasteiger partial charge in [-0.25, -0.2) is 4.79 Å². The van der Waals surface area contributed by atoms with E-state index in [0.29, 0.717) is 18.2 Å². The molecule has 0 fully saturated rings. The fourth-order valence-corrected chi connectivity index (χ4v) is 3.63. The molecule has 128 valence electrons. The highest BCUT2D eigenvalue weighted by molar-refractivity contribution is 5.84. The lowest BCUT2D eigenvalue weighted by atomic mass is 9.80. The highest BCUT2D eigenvalue weighted by atomic mass is 16.5. The molecule has 0 unspecified atom stereocenters. The average Bonchev–Trinajstić information content (AvgIpc) is 2.99. The highest BCUT2D eigenvalue weighted by Crippen LogP contribution is 2.45. The van der Waals surface area contributed by atoms with E-state index < -0.39 is 5.97 Å². The van der Waals surface area contributed by atoms with Crippen LogP contribution < -0.4 is 9.64 Å². The molecule has 1 aromatic carbocycles. The minimum Gasteiger partial charge on any atom is -0.497 e. The Hall–Kier alpha value is -2.43. The summed E-state index contributed by atoms with van der Waals surface area (Å²) in [5.41, 5.74) is 2.32. The normalized spacial score (nSPS) is 19.0. The molecule has 5 heteroatoms. The number of carboxylic acid groups (broad SMARTS) is 1. The number of fused-ring (bicyclic) bond motifs is 1. The molecular weight excluding hydrogens is 306 g/mol. The Balaban J connectivity index is 2.01. The van der Waals surface area contributed by atoms with Gasteiger partial charge in [0.2, 0.25) is 5.76 Å². The number of anilines is 1. The molecule has 1 N–H and O–H groups in total. The number of carbonyl (C=O) groups is 1. The summed E-state index contributed by atoms with van der Waals surface area (Å²) in [5.74, 6) is 0.829. The molecule has 1 aromatic heterocycles. The molecule has 0 bridgehead atoms. The van der Waals surface area contributed by atoms with Gasteiger partial charge in [0.25, 0.3) is 0 Å². The van der Waals surface area contributed by atoms with Crippen LogP contribution in [0.1, 0.15) is 55.0 Å².